The molecule has 2 N–H and O–H groups in total. The monoisotopic (exact) mass is 369 g/mol. The molecule has 2 aromatic rings. The van der Waals surface area contributed by atoms with Gasteiger partial charge in [0.05, 0.1) is 6.54 Å². The molecule has 0 radical (unpaired) electrons. The molecule has 0 fully saturated rings. The number of hydrogen-bond donors (Lipinski definition) is 2. The van der Waals surface area contributed by atoms with Gasteiger partial charge in [0.25, 0.3) is 0 Å². The zero-order valence-corrected chi connectivity index (χ0v) is 16.3. The molecule has 0 spiro atoms. The molecule has 0 aromatic heterocycles. The Kier molecular flexibility index (Phi) is 7.23. The van der Waals surface area contributed by atoms with Crippen molar-refractivity contribution in [2.75, 3.05) is 30.8 Å². The molecule has 0 heterocycles. The van der Waals surface area contributed by atoms with Gasteiger partial charge < -0.3 is 20.3 Å². The highest BCUT2D eigenvalue weighted by molar-refractivity contribution is 5.94. The fourth-order valence-corrected chi connectivity index (χ4v) is 2.25. The van der Waals surface area contributed by atoms with Crippen LogP contribution in [0.4, 0.5) is 16.2 Å². The van der Waals surface area contributed by atoms with Gasteiger partial charge in [-0.15, -0.1) is 0 Å². The van der Waals surface area contributed by atoms with Crippen molar-refractivity contribution in [1.29, 1.82) is 0 Å². The first kappa shape index (κ1) is 20.3. The van der Waals surface area contributed by atoms with E-state index in [1.54, 1.807) is 18.0 Å². The number of para-hydroxylation sites is 1. The fourth-order valence-electron chi connectivity index (χ4n) is 2.25. The minimum atomic E-state index is -0.234. The Morgan fingerprint density at radius 1 is 1.07 bits per heavy atom. The topological polar surface area (TPSA) is 70.7 Å². The van der Waals surface area contributed by atoms with E-state index in [4.69, 9.17) is 4.74 Å². The summed E-state index contributed by atoms with van der Waals surface area (Å²) in [5, 5.41) is 5.72. The SMILES string of the molecule is Cc1ccc(NC(=O)C(C)C)cc1NC(=O)N(C)CCOc1ccccc1. The second-order valence-corrected chi connectivity index (χ2v) is 6.69. The maximum atomic E-state index is 12.4. The largest absolute Gasteiger partial charge is 0.492 e. The zero-order chi connectivity index (χ0) is 19.8. The molecule has 2 rings (SSSR count). The van der Waals surface area contributed by atoms with Gasteiger partial charge in [0, 0.05) is 24.3 Å². The summed E-state index contributed by atoms with van der Waals surface area (Å²) in [7, 11) is 1.71. The summed E-state index contributed by atoms with van der Waals surface area (Å²) < 4.78 is 5.62. The smallest absolute Gasteiger partial charge is 0.321 e. The van der Waals surface area contributed by atoms with Crippen LogP contribution in [-0.2, 0) is 4.79 Å². The van der Waals surface area contributed by atoms with Gasteiger partial charge >= 0.3 is 6.03 Å². The van der Waals surface area contributed by atoms with Crippen molar-refractivity contribution in [2.45, 2.75) is 20.8 Å². The molecule has 0 unspecified atom stereocenters. The van der Waals surface area contributed by atoms with Crippen LogP contribution in [0.5, 0.6) is 5.75 Å². The summed E-state index contributed by atoms with van der Waals surface area (Å²) in [6.45, 7) is 6.42. The third-order valence-corrected chi connectivity index (χ3v) is 4.06. The number of nitrogens with zero attached hydrogens (tertiary/aromatic N) is 1. The number of aryl methyl sites for hydroxylation is 1. The number of likely N-dealkylation sites (N-methyl/N-ethyl adjacent to an activating group) is 1. The Morgan fingerprint density at radius 2 is 1.78 bits per heavy atom. The lowest BCUT2D eigenvalue weighted by Gasteiger charge is -2.19. The molecular weight excluding hydrogens is 342 g/mol. The Morgan fingerprint density at radius 3 is 2.44 bits per heavy atom. The molecule has 0 atom stereocenters. The van der Waals surface area contributed by atoms with Gasteiger partial charge in [-0.1, -0.05) is 38.1 Å². The summed E-state index contributed by atoms with van der Waals surface area (Å²) in [5.74, 6) is 0.599. The van der Waals surface area contributed by atoms with Crippen LogP contribution in [0.2, 0.25) is 0 Å². The normalized spacial score (nSPS) is 10.4. The highest BCUT2D eigenvalue weighted by Gasteiger charge is 2.12. The van der Waals surface area contributed by atoms with Gasteiger partial charge in [-0.2, -0.15) is 0 Å². The second kappa shape index (κ2) is 9.62. The standard InChI is InChI=1S/C21H27N3O3/c1-15(2)20(25)22-17-11-10-16(3)19(14-17)23-21(26)24(4)12-13-27-18-8-6-5-7-9-18/h5-11,14-15H,12-13H2,1-4H3,(H,22,25)(H,23,26). The van der Waals surface area contributed by atoms with Crippen molar-refractivity contribution in [3.05, 3.63) is 54.1 Å². The van der Waals surface area contributed by atoms with E-state index in [2.05, 4.69) is 10.6 Å². The van der Waals surface area contributed by atoms with E-state index < -0.39 is 0 Å². The van der Waals surface area contributed by atoms with Crippen molar-refractivity contribution in [2.24, 2.45) is 5.92 Å². The van der Waals surface area contributed by atoms with Crippen LogP contribution in [-0.4, -0.2) is 37.0 Å². The molecule has 3 amide bonds. The van der Waals surface area contributed by atoms with E-state index >= 15 is 0 Å². The van der Waals surface area contributed by atoms with Gasteiger partial charge in [-0.25, -0.2) is 4.79 Å². The fraction of sp³-hybridized carbons (Fsp3) is 0.333. The predicted molar refractivity (Wildman–Crippen MR) is 108 cm³/mol. The van der Waals surface area contributed by atoms with E-state index in [9.17, 15) is 9.59 Å². The lowest BCUT2D eigenvalue weighted by atomic mass is 10.1. The summed E-state index contributed by atoms with van der Waals surface area (Å²) in [6.07, 6.45) is 0. The number of urea groups is 1. The van der Waals surface area contributed by atoms with Crippen LogP contribution in [0.1, 0.15) is 19.4 Å². The van der Waals surface area contributed by atoms with E-state index in [1.807, 2.05) is 63.2 Å². The number of amides is 3. The minimum Gasteiger partial charge on any atom is -0.492 e. The van der Waals surface area contributed by atoms with Crippen LogP contribution in [0.25, 0.3) is 0 Å². The molecule has 0 saturated carbocycles. The van der Waals surface area contributed by atoms with E-state index in [0.717, 1.165) is 11.3 Å². The molecule has 0 aliphatic heterocycles. The zero-order valence-electron chi connectivity index (χ0n) is 16.3. The summed E-state index contributed by atoms with van der Waals surface area (Å²) in [6, 6.07) is 14.7. The van der Waals surface area contributed by atoms with E-state index in [0.29, 0.717) is 24.5 Å². The summed E-state index contributed by atoms with van der Waals surface area (Å²) in [5.41, 5.74) is 2.24. The summed E-state index contributed by atoms with van der Waals surface area (Å²) in [4.78, 5) is 25.8. The molecule has 2 aromatic carbocycles. The average molecular weight is 369 g/mol. The number of benzene rings is 2. The quantitative estimate of drug-likeness (QED) is 0.771. The van der Waals surface area contributed by atoms with E-state index in [1.165, 1.54) is 0 Å². The third kappa shape index (κ3) is 6.33. The van der Waals surface area contributed by atoms with Gasteiger partial charge in [-0.3, -0.25) is 4.79 Å². The van der Waals surface area contributed by atoms with Crippen LogP contribution < -0.4 is 15.4 Å². The Balaban J connectivity index is 1.90. The number of ether oxygens (including phenoxy) is 1. The number of hydrogen-bond acceptors (Lipinski definition) is 3. The maximum Gasteiger partial charge on any atom is 0.321 e. The molecule has 0 bridgehead atoms. The molecule has 6 nitrogen and oxygen atoms in total. The third-order valence-electron chi connectivity index (χ3n) is 4.06. The maximum absolute atomic E-state index is 12.4. The Labute approximate surface area is 160 Å². The molecule has 0 aliphatic carbocycles. The molecule has 27 heavy (non-hydrogen) atoms. The second-order valence-electron chi connectivity index (χ2n) is 6.69. The van der Waals surface area contributed by atoms with Crippen LogP contribution >= 0.6 is 0 Å². The molecular formula is C21H27N3O3. The van der Waals surface area contributed by atoms with Gasteiger partial charge in [0.2, 0.25) is 5.91 Å². The lowest BCUT2D eigenvalue weighted by molar-refractivity contribution is -0.118. The number of rotatable bonds is 7. The van der Waals surface area contributed by atoms with Gasteiger partial charge in [0.15, 0.2) is 0 Å². The highest BCUT2D eigenvalue weighted by Crippen LogP contribution is 2.21. The van der Waals surface area contributed by atoms with Gasteiger partial charge in [-0.05, 0) is 36.8 Å². The van der Waals surface area contributed by atoms with Crippen molar-refractivity contribution < 1.29 is 14.3 Å². The number of anilines is 2. The van der Waals surface area contributed by atoms with Crippen LogP contribution in [0, 0.1) is 12.8 Å². The number of carbonyl (C=O) groups excluding carboxylic acids is 2. The molecule has 6 heteroatoms. The van der Waals surface area contributed by atoms with Gasteiger partial charge in [0.1, 0.15) is 12.4 Å². The van der Waals surface area contributed by atoms with Crippen LogP contribution in [0.3, 0.4) is 0 Å². The molecule has 144 valence electrons. The minimum absolute atomic E-state index is 0.0636. The Bertz CT molecular complexity index is 775. The van der Waals surface area contributed by atoms with E-state index in [-0.39, 0.29) is 17.9 Å². The molecule has 0 aliphatic rings. The highest BCUT2D eigenvalue weighted by atomic mass is 16.5. The first-order chi connectivity index (χ1) is 12.9. The first-order valence-corrected chi connectivity index (χ1v) is 8.98. The van der Waals surface area contributed by atoms with Crippen molar-refractivity contribution in [3.8, 4) is 5.75 Å². The van der Waals surface area contributed by atoms with Crippen molar-refractivity contribution >= 4 is 23.3 Å². The summed E-state index contributed by atoms with van der Waals surface area (Å²) >= 11 is 0. The number of nitrogens with one attached hydrogen (secondary N) is 2. The molecule has 0 saturated heterocycles. The predicted octanol–water partition coefficient (Wildman–Crippen LogP) is 4.13. The van der Waals surface area contributed by atoms with Crippen LogP contribution in [0.15, 0.2) is 48.5 Å². The Hall–Kier alpha value is -3.02. The van der Waals surface area contributed by atoms with Crippen molar-refractivity contribution in [1.82, 2.24) is 4.90 Å². The van der Waals surface area contributed by atoms with Crippen molar-refractivity contribution in [3.63, 3.8) is 0 Å². The number of carbonyl (C=O) groups is 2. The lowest BCUT2D eigenvalue weighted by Crippen LogP contribution is -2.34. The first-order valence-electron chi connectivity index (χ1n) is 8.98. The average Bonchev–Trinajstić information content (AvgIpc) is 2.65.